The second-order valence-electron chi connectivity index (χ2n) is 3.75. The van der Waals surface area contributed by atoms with Crippen molar-refractivity contribution in [3.63, 3.8) is 0 Å². The van der Waals surface area contributed by atoms with Crippen molar-refractivity contribution in [3.8, 4) is 5.75 Å². The summed E-state index contributed by atoms with van der Waals surface area (Å²) in [7, 11) is 0. The molecule has 2 rings (SSSR count). The van der Waals surface area contributed by atoms with E-state index < -0.39 is 5.97 Å². The molecule has 0 bridgehead atoms. The Hall–Kier alpha value is -1.68. The molecule has 1 aliphatic heterocycles. The molecule has 0 spiro atoms. The first-order valence-electron chi connectivity index (χ1n) is 5.17. The number of carboxylic acid groups (broad SMARTS) is 1. The Kier molecular flexibility index (Phi) is 3.24. The zero-order chi connectivity index (χ0) is 12.4. The molecule has 17 heavy (non-hydrogen) atoms. The predicted octanol–water partition coefficient (Wildman–Crippen LogP) is 2.34. The number of anilines is 1. The van der Waals surface area contributed by atoms with Crippen molar-refractivity contribution in [3.05, 3.63) is 35.4 Å². The number of hydrogen-bond acceptors (Lipinski definition) is 3. The third kappa shape index (κ3) is 2.36. The number of benzene rings is 1. The van der Waals surface area contributed by atoms with Gasteiger partial charge < -0.3 is 14.7 Å². The maximum atomic E-state index is 11.1. The van der Waals surface area contributed by atoms with Gasteiger partial charge in [0.2, 0.25) is 0 Å². The molecule has 0 saturated heterocycles. The van der Waals surface area contributed by atoms with Crippen LogP contribution in [0.5, 0.6) is 5.75 Å². The number of aromatic carboxylic acids is 1. The fraction of sp³-hybridized carbons (Fsp3) is 0.250. The Morgan fingerprint density at radius 1 is 1.59 bits per heavy atom. The summed E-state index contributed by atoms with van der Waals surface area (Å²) < 4.78 is 5.43. The highest BCUT2D eigenvalue weighted by Crippen LogP contribution is 2.35. The molecule has 0 aromatic heterocycles. The lowest BCUT2D eigenvalue weighted by atomic mass is 10.1. The number of halogens is 1. The summed E-state index contributed by atoms with van der Waals surface area (Å²) in [5.74, 6) is -0.586. The summed E-state index contributed by atoms with van der Waals surface area (Å²) in [4.78, 5) is 13.0. The molecular weight excluding hydrogens is 242 g/mol. The van der Waals surface area contributed by atoms with E-state index in [0.717, 1.165) is 5.69 Å². The fourth-order valence-electron chi connectivity index (χ4n) is 1.84. The van der Waals surface area contributed by atoms with Crippen molar-refractivity contribution in [2.45, 2.75) is 0 Å². The van der Waals surface area contributed by atoms with Gasteiger partial charge in [-0.15, -0.1) is 0 Å². The van der Waals surface area contributed by atoms with Crippen LogP contribution in [0.3, 0.4) is 0 Å². The minimum atomic E-state index is -0.992. The number of fused-ring (bicyclic) bond motifs is 1. The van der Waals surface area contributed by atoms with E-state index >= 15 is 0 Å². The summed E-state index contributed by atoms with van der Waals surface area (Å²) >= 11 is 5.79. The average Bonchev–Trinajstić information content (AvgIpc) is 2.28. The predicted molar refractivity (Wildman–Crippen MR) is 66.1 cm³/mol. The van der Waals surface area contributed by atoms with Crippen LogP contribution in [0, 0.1) is 0 Å². The van der Waals surface area contributed by atoms with Gasteiger partial charge in [0.25, 0.3) is 0 Å². The first-order chi connectivity index (χ1) is 8.09. The first-order valence-corrected chi connectivity index (χ1v) is 5.54. The van der Waals surface area contributed by atoms with E-state index in [1.807, 2.05) is 11.0 Å². The molecule has 0 aliphatic carbocycles. The van der Waals surface area contributed by atoms with Gasteiger partial charge in [0, 0.05) is 5.03 Å². The van der Waals surface area contributed by atoms with Crippen LogP contribution >= 0.6 is 11.6 Å². The number of ether oxygens (including phenoxy) is 1. The molecule has 1 heterocycles. The maximum Gasteiger partial charge on any atom is 0.339 e. The summed E-state index contributed by atoms with van der Waals surface area (Å²) in [6, 6.07) is 5.04. The number of rotatable bonds is 3. The summed E-state index contributed by atoms with van der Waals surface area (Å²) in [5, 5.41) is 9.58. The highest BCUT2D eigenvalue weighted by atomic mass is 35.5. The number of para-hydroxylation sites is 1. The van der Waals surface area contributed by atoms with E-state index in [0.29, 0.717) is 30.5 Å². The summed E-state index contributed by atoms with van der Waals surface area (Å²) in [5.41, 5.74) is 0.922. The Balaban J connectivity index is 2.42. The lowest BCUT2D eigenvalue weighted by Gasteiger charge is -2.31. The zero-order valence-electron chi connectivity index (χ0n) is 9.15. The topological polar surface area (TPSA) is 49.8 Å². The van der Waals surface area contributed by atoms with Crippen molar-refractivity contribution in [1.29, 1.82) is 0 Å². The molecule has 0 saturated carbocycles. The van der Waals surface area contributed by atoms with E-state index in [9.17, 15) is 4.79 Å². The third-order valence-corrected chi connectivity index (χ3v) is 2.65. The van der Waals surface area contributed by atoms with Gasteiger partial charge in [0.1, 0.15) is 12.2 Å². The van der Waals surface area contributed by atoms with Gasteiger partial charge in [0.15, 0.2) is 5.75 Å². The van der Waals surface area contributed by atoms with Crippen molar-refractivity contribution >= 4 is 23.3 Å². The van der Waals surface area contributed by atoms with E-state index in [1.54, 1.807) is 6.07 Å². The van der Waals surface area contributed by atoms with Crippen LogP contribution in [0.2, 0.25) is 0 Å². The van der Waals surface area contributed by atoms with Gasteiger partial charge in [-0.05, 0) is 12.1 Å². The van der Waals surface area contributed by atoms with Crippen LogP contribution in [0.25, 0.3) is 0 Å². The SMILES string of the molecule is C=C(Cl)CN1CCOc2c(C(=O)O)cccc21. The van der Waals surface area contributed by atoms with E-state index in [-0.39, 0.29) is 5.56 Å². The lowest BCUT2D eigenvalue weighted by molar-refractivity contribution is 0.0692. The summed E-state index contributed by atoms with van der Waals surface area (Å²) in [6.07, 6.45) is 0. The zero-order valence-corrected chi connectivity index (χ0v) is 9.91. The molecule has 0 unspecified atom stereocenters. The van der Waals surface area contributed by atoms with Gasteiger partial charge in [0.05, 0.1) is 18.8 Å². The second kappa shape index (κ2) is 4.67. The average molecular weight is 254 g/mol. The first kappa shape index (κ1) is 11.8. The molecule has 1 aliphatic rings. The summed E-state index contributed by atoms with van der Waals surface area (Å²) in [6.45, 7) is 5.25. The van der Waals surface area contributed by atoms with E-state index in [1.165, 1.54) is 6.07 Å². The van der Waals surface area contributed by atoms with Gasteiger partial charge >= 0.3 is 5.97 Å². The molecule has 1 N–H and O–H groups in total. The molecule has 1 aromatic carbocycles. The van der Waals surface area contributed by atoms with Crippen LogP contribution in [0.1, 0.15) is 10.4 Å². The molecule has 0 amide bonds. The Morgan fingerprint density at radius 2 is 2.35 bits per heavy atom. The van der Waals surface area contributed by atoms with Crippen molar-refractivity contribution in [2.75, 3.05) is 24.6 Å². The molecule has 90 valence electrons. The standard InChI is InChI=1S/C12H12ClNO3/c1-8(13)7-14-5-6-17-11-9(12(15)16)3-2-4-10(11)14/h2-4H,1,5-7H2,(H,15,16). The number of carboxylic acids is 1. The van der Waals surface area contributed by atoms with Gasteiger partial charge in [-0.25, -0.2) is 4.79 Å². The molecular formula is C12H12ClNO3. The fourth-order valence-corrected chi connectivity index (χ4v) is 1.99. The Morgan fingerprint density at radius 3 is 3.00 bits per heavy atom. The molecule has 5 heteroatoms. The van der Waals surface area contributed by atoms with E-state index in [2.05, 4.69) is 6.58 Å². The molecule has 0 radical (unpaired) electrons. The molecule has 4 nitrogen and oxygen atoms in total. The quantitative estimate of drug-likeness (QED) is 0.898. The maximum absolute atomic E-state index is 11.1. The van der Waals surface area contributed by atoms with Crippen LogP contribution in [-0.4, -0.2) is 30.8 Å². The normalized spacial score (nSPS) is 13.8. The largest absolute Gasteiger partial charge is 0.489 e. The highest BCUT2D eigenvalue weighted by Gasteiger charge is 2.23. The van der Waals surface area contributed by atoms with Crippen LogP contribution in [-0.2, 0) is 0 Å². The Bertz CT molecular complexity index is 473. The van der Waals surface area contributed by atoms with Crippen molar-refractivity contribution < 1.29 is 14.6 Å². The van der Waals surface area contributed by atoms with Crippen molar-refractivity contribution in [2.24, 2.45) is 0 Å². The number of nitrogens with zero attached hydrogens (tertiary/aromatic N) is 1. The number of carbonyl (C=O) groups is 1. The van der Waals surface area contributed by atoms with Crippen molar-refractivity contribution in [1.82, 2.24) is 0 Å². The minimum Gasteiger partial charge on any atom is -0.489 e. The smallest absolute Gasteiger partial charge is 0.339 e. The molecule has 0 atom stereocenters. The van der Waals surface area contributed by atoms with Crippen LogP contribution in [0.15, 0.2) is 29.8 Å². The minimum absolute atomic E-state index is 0.174. The lowest BCUT2D eigenvalue weighted by Crippen LogP contribution is -2.34. The second-order valence-corrected chi connectivity index (χ2v) is 4.28. The Labute approximate surface area is 104 Å². The van der Waals surface area contributed by atoms with Crippen LogP contribution < -0.4 is 9.64 Å². The number of hydrogen-bond donors (Lipinski definition) is 1. The molecule has 1 aromatic rings. The third-order valence-electron chi connectivity index (χ3n) is 2.54. The van der Waals surface area contributed by atoms with Crippen LogP contribution in [0.4, 0.5) is 5.69 Å². The monoisotopic (exact) mass is 253 g/mol. The van der Waals surface area contributed by atoms with Gasteiger partial charge in [-0.2, -0.15) is 0 Å². The molecule has 0 fully saturated rings. The van der Waals surface area contributed by atoms with Gasteiger partial charge in [-0.1, -0.05) is 24.2 Å². The van der Waals surface area contributed by atoms with Gasteiger partial charge in [-0.3, -0.25) is 0 Å². The highest BCUT2D eigenvalue weighted by molar-refractivity contribution is 6.29. The van der Waals surface area contributed by atoms with E-state index in [4.69, 9.17) is 21.4 Å².